The van der Waals surface area contributed by atoms with Crippen molar-refractivity contribution in [2.24, 2.45) is 0 Å². The van der Waals surface area contributed by atoms with Gasteiger partial charge < -0.3 is 10.0 Å². The van der Waals surface area contributed by atoms with E-state index in [1.54, 1.807) is 4.90 Å². The number of alkyl halides is 1. The molecule has 0 saturated heterocycles. The van der Waals surface area contributed by atoms with Crippen LogP contribution >= 0.6 is 0 Å². The van der Waals surface area contributed by atoms with Crippen LogP contribution in [0.3, 0.4) is 0 Å². The number of carbonyl (C=O) groups is 1. The summed E-state index contributed by atoms with van der Waals surface area (Å²) in [7, 11) is 0. The van der Waals surface area contributed by atoms with Gasteiger partial charge in [0.05, 0.1) is 6.54 Å². The molecule has 1 unspecified atom stereocenters. The lowest BCUT2D eigenvalue weighted by Crippen LogP contribution is -2.42. The first-order valence-corrected chi connectivity index (χ1v) is 5.26. The van der Waals surface area contributed by atoms with Crippen molar-refractivity contribution in [3.05, 3.63) is 29.8 Å². The lowest BCUT2D eigenvalue weighted by molar-refractivity contribution is -0.148. The van der Waals surface area contributed by atoms with E-state index in [0.717, 1.165) is 24.6 Å². The van der Waals surface area contributed by atoms with Crippen molar-refractivity contribution in [2.75, 3.05) is 18.0 Å². The zero-order valence-electron chi connectivity index (χ0n) is 9.11. The maximum atomic E-state index is 13.7. The Morgan fingerprint density at radius 3 is 2.94 bits per heavy atom. The Bertz CT molecular complexity index is 417. The molecule has 0 aromatic heterocycles. The molecule has 2 rings (SSSR count). The van der Waals surface area contributed by atoms with Crippen LogP contribution in [0.25, 0.3) is 0 Å². The molecule has 0 aliphatic carbocycles. The second kappa shape index (κ2) is 3.77. The van der Waals surface area contributed by atoms with Crippen molar-refractivity contribution in [2.45, 2.75) is 19.0 Å². The summed E-state index contributed by atoms with van der Waals surface area (Å²) < 4.78 is 13.7. The largest absolute Gasteiger partial charge is 0.479 e. The maximum Gasteiger partial charge on any atom is 0.343 e. The molecule has 1 N–H and O–H groups in total. The normalized spacial score (nSPS) is 18.0. The van der Waals surface area contributed by atoms with Gasteiger partial charge in [-0.1, -0.05) is 18.2 Å². The van der Waals surface area contributed by atoms with Crippen LogP contribution in [0, 0.1) is 0 Å². The minimum atomic E-state index is -2.20. The van der Waals surface area contributed by atoms with Crippen LogP contribution in [-0.4, -0.2) is 29.8 Å². The summed E-state index contributed by atoms with van der Waals surface area (Å²) in [5.41, 5.74) is -0.0893. The van der Waals surface area contributed by atoms with Crippen LogP contribution in [0.5, 0.6) is 0 Å². The lowest BCUT2D eigenvalue weighted by atomic mass is 10.1. The van der Waals surface area contributed by atoms with Crippen molar-refractivity contribution in [1.29, 1.82) is 0 Å². The minimum absolute atomic E-state index is 0.0979. The predicted molar refractivity (Wildman–Crippen MR) is 59.5 cm³/mol. The van der Waals surface area contributed by atoms with Crippen LogP contribution < -0.4 is 4.90 Å². The molecule has 0 saturated carbocycles. The number of hydrogen-bond donors (Lipinski definition) is 1. The van der Waals surface area contributed by atoms with Gasteiger partial charge in [0.1, 0.15) is 0 Å². The molecular formula is C12H14FNO2. The highest BCUT2D eigenvalue weighted by atomic mass is 19.1. The molecule has 1 atom stereocenters. The molecule has 0 fully saturated rings. The summed E-state index contributed by atoms with van der Waals surface area (Å²) in [5, 5.41) is 8.75. The molecule has 0 spiro atoms. The Morgan fingerprint density at radius 1 is 1.56 bits per heavy atom. The standard InChI is InChI=1S/C12H14FNO2/c1-12(13,11(15)16)8-14-7-6-9-4-2-3-5-10(9)14/h2-5H,6-8H2,1H3,(H,15,16). The smallest absolute Gasteiger partial charge is 0.343 e. The third kappa shape index (κ3) is 1.87. The summed E-state index contributed by atoms with van der Waals surface area (Å²) >= 11 is 0. The molecule has 3 nitrogen and oxygen atoms in total. The zero-order valence-corrected chi connectivity index (χ0v) is 9.11. The van der Waals surface area contributed by atoms with Gasteiger partial charge in [-0.25, -0.2) is 9.18 Å². The van der Waals surface area contributed by atoms with Gasteiger partial charge in [-0.15, -0.1) is 0 Å². The number of halogens is 1. The van der Waals surface area contributed by atoms with Crippen molar-refractivity contribution >= 4 is 11.7 Å². The molecule has 0 bridgehead atoms. The predicted octanol–water partition coefficient (Wildman–Crippen LogP) is 1.86. The number of aliphatic carboxylic acids is 1. The lowest BCUT2D eigenvalue weighted by Gasteiger charge is -2.25. The van der Waals surface area contributed by atoms with E-state index in [1.165, 1.54) is 0 Å². The average Bonchev–Trinajstić information content (AvgIpc) is 2.61. The first-order valence-electron chi connectivity index (χ1n) is 5.26. The average molecular weight is 223 g/mol. The number of nitrogens with zero attached hydrogens (tertiary/aromatic N) is 1. The number of benzene rings is 1. The van der Waals surface area contributed by atoms with Gasteiger partial charge in [0.25, 0.3) is 0 Å². The zero-order chi connectivity index (χ0) is 11.8. The molecule has 1 aliphatic rings. The van der Waals surface area contributed by atoms with E-state index in [-0.39, 0.29) is 6.54 Å². The summed E-state index contributed by atoms with van der Waals surface area (Å²) in [6, 6.07) is 7.72. The highest BCUT2D eigenvalue weighted by molar-refractivity contribution is 5.78. The van der Waals surface area contributed by atoms with E-state index in [9.17, 15) is 9.18 Å². The van der Waals surface area contributed by atoms with E-state index < -0.39 is 11.6 Å². The van der Waals surface area contributed by atoms with Crippen molar-refractivity contribution in [1.82, 2.24) is 0 Å². The Morgan fingerprint density at radius 2 is 2.25 bits per heavy atom. The number of carboxylic acid groups (broad SMARTS) is 1. The molecule has 4 heteroatoms. The first kappa shape index (κ1) is 10.9. The molecule has 1 aromatic carbocycles. The third-order valence-corrected chi connectivity index (χ3v) is 2.92. The fourth-order valence-corrected chi connectivity index (χ4v) is 2.00. The quantitative estimate of drug-likeness (QED) is 0.850. The molecule has 1 aromatic rings. The van der Waals surface area contributed by atoms with Gasteiger partial charge in [-0.05, 0) is 25.0 Å². The molecule has 1 heterocycles. The number of hydrogen-bond acceptors (Lipinski definition) is 2. The van der Waals surface area contributed by atoms with Crippen molar-refractivity contribution in [3.63, 3.8) is 0 Å². The monoisotopic (exact) mass is 223 g/mol. The number of para-hydroxylation sites is 1. The van der Waals surface area contributed by atoms with E-state index in [2.05, 4.69) is 0 Å². The molecule has 86 valence electrons. The Balaban J connectivity index is 2.18. The van der Waals surface area contributed by atoms with Crippen LogP contribution in [0.4, 0.5) is 10.1 Å². The number of rotatable bonds is 3. The van der Waals surface area contributed by atoms with E-state index >= 15 is 0 Å². The Hall–Kier alpha value is -1.58. The fourth-order valence-electron chi connectivity index (χ4n) is 2.00. The summed E-state index contributed by atoms with van der Waals surface area (Å²) in [4.78, 5) is 12.5. The molecule has 0 amide bonds. The van der Waals surface area contributed by atoms with Gasteiger partial charge in [0.15, 0.2) is 0 Å². The first-order chi connectivity index (χ1) is 7.50. The number of carboxylic acids is 1. The maximum absolute atomic E-state index is 13.7. The van der Waals surface area contributed by atoms with Gasteiger partial charge in [0.2, 0.25) is 5.67 Å². The summed E-state index contributed by atoms with van der Waals surface area (Å²) in [5.74, 6) is -1.41. The summed E-state index contributed by atoms with van der Waals surface area (Å²) in [6.07, 6.45) is 0.853. The van der Waals surface area contributed by atoms with E-state index in [4.69, 9.17) is 5.11 Å². The van der Waals surface area contributed by atoms with E-state index in [0.29, 0.717) is 6.54 Å². The van der Waals surface area contributed by atoms with Gasteiger partial charge in [-0.3, -0.25) is 0 Å². The van der Waals surface area contributed by atoms with E-state index in [1.807, 2.05) is 24.3 Å². The topological polar surface area (TPSA) is 40.5 Å². The fraction of sp³-hybridized carbons (Fsp3) is 0.417. The summed E-state index contributed by atoms with van der Waals surface area (Å²) in [6.45, 7) is 1.70. The van der Waals surface area contributed by atoms with Crippen LogP contribution in [-0.2, 0) is 11.2 Å². The van der Waals surface area contributed by atoms with Crippen molar-refractivity contribution in [3.8, 4) is 0 Å². The van der Waals surface area contributed by atoms with Crippen LogP contribution in [0.1, 0.15) is 12.5 Å². The van der Waals surface area contributed by atoms with Gasteiger partial charge >= 0.3 is 5.97 Å². The highest BCUT2D eigenvalue weighted by Gasteiger charge is 2.36. The van der Waals surface area contributed by atoms with Crippen LogP contribution in [0.2, 0.25) is 0 Å². The van der Waals surface area contributed by atoms with Crippen LogP contribution in [0.15, 0.2) is 24.3 Å². The second-order valence-electron chi connectivity index (χ2n) is 4.30. The number of anilines is 1. The highest BCUT2D eigenvalue weighted by Crippen LogP contribution is 2.29. The third-order valence-electron chi connectivity index (χ3n) is 2.92. The van der Waals surface area contributed by atoms with Gasteiger partial charge in [0, 0.05) is 12.2 Å². The number of fused-ring (bicyclic) bond motifs is 1. The SMILES string of the molecule is CC(F)(CN1CCc2ccccc21)C(=O)O. The Kier molecular flexibility index (Phi) is 2.58. The minimum Gasteiger partial charge on any atom is -0.479 e. The molecular weight excluding hydrogens is 209 g/mol. The molecule has 1 aliphatic heterocycles. The molecule has 0 radical (unpaired) electrons. The molecule has 16 heavy (non-hydrogen) atoms. The van der Waals surface area contributed by atoms with Gasteiger partial charge in [-0.2, -0.15) is 0 Å². The second-order valence-corrected chi connectivity index (χ2v) is 4.30. The van der Waals surface area contributed by atoms with Crippen molar-refractivity contribution < 1.29 is 14.3 Å². The Labute approximate surface area is 93.5 Å².